The van der Waals surface area contributed by atoms with Gasteiger partial charge in [0.15, 0.2) is 0 Å². The van der Waals surface area contributed by atoms with Crippen LogP contribution in [-0.2, 0) is 0 Å². The second-order valence-electron chi connectivity index (χ2n) is 64.1. The van der Waals surface area contributed by atoms with E-state index in [2.05, 4.69) is 244 Å². The fourth-order valence-corrected chi connectivity index (χ4v) is 45.7. The predicted molar refractivity (Wildman–Crippen MR) is 632 cm³/mol. The van der Waals surface area contributed by atoms with Gasteiger partial charge in [0.25, 0.3) is 0 Å². The molecule has 5 heteroatoms. The van der Waals surface area contributed by atoms with E-state index in [0.717, 1.165) is 259 Å². The van der Waals surface area contributed by atoms with Gasteiger partial charge in [-0.3, -0.25) is 0 Å². The highest BCUT2D eigenvalue weighted by Gasteiger charge is 2.68. The first-order valence-corrected chi connectivity index (χ1v) is 66.7. The summed E-state index contributed by atoms with van der Waals surface area (Å²) in [4.78, 5) is 0. The maximum absolute atomic E-state index is 10.5. The molecule has 20 aliphatic carbocycles. The molecule has 0 aromatic rings. The van der Waals surface area contributed by atoms with Gasteiger partial charge in [0.1, 0.15) is 0 Å². The van der Waals surface area contributed by atoms with Crippen molar-refractivity contribution in [2.75, 3.05) is 0 Å². The highest BCUT2D eigenvalue weighted by atomic mass is 16.3. The molecular weight excluding hydrogens is 1800 g/mol. The van der Waals surface area contributed by atoms with Gasteiger partial charge in [0, 0.05) is 0 Å². The van der Waals surface area contributed by atoms with Crippen LogP contribution >= 0.6 is 0 Å². The van der Waals surface area contributed by atoms with Gasteiger partial charge in [-0.2, -0.15) is 0 Å². The van der Waals surface area contributed by atoms with Gasteiger partial charge < -0.3 is 25.5 Å². The van der Waals surface area contributed by atoms with E-state index in [4.69, 9.17) is 0 Å². The van der Waals surface area contributed by atoms with E-state index < -0.39 is 0 Å². The maximum Gasteiger partial charge on any atom is 0.0577 e. The Bertz CT molecular complexity index is 4410. The lowest BCUT2D eigenvalue weighted by atomic mass is 9.40. The molecule has 0 aromatic carbocycles. The Kier molecular flexibility index (Phi) is 38.3. The molecule has 148 heavy (non-hydrogen) atoms. The average molecular weight is 2050 g/mol. The largest absolute Gasteiger partial charge is 0.393 e. The molecule has 20 aliphatic rings. The van der Waals surface area contributed by atoms with Crippen molar-refractivity contribution in [3.8, 4) is 0 Å². The van der Waals surface area contributed by atoms with Crippen LogP contribution < -0.4 is 0 Å². The van der Waals surface area contributed by atoms with Crippen LogP contribution in [0.25, 0.3) is 0 Å². The van der Waals surface area contributed by atoms with Gasteiger partial charge in [0.05, 0.1) is 30.5 Å². The van der Waals surface area contributed by atoms with Crippen molar-refractivity contribution in [3.63, 3.8) is 0 Å². The third-order valence-corrected chi connectivity index (χ3v) is 56.0. The fourth-order valence-electron chi connectivity index (χ4n) is 45.7. The molecule has 0 saturated heterocycles. The van der Waals surface area contributed by atoms with Gasteiger partial charge >= 0.3 is 0 Å². The zero-order valence-electron chi connectivity index (χ0n) is 103. The third-order valence-electron chi connectivity index (χ3n) is 56.0. The molecule has 0 spiro atoms. The molecule has 0 unspecified atom stereocenters. The van der Waals surface area contributed by atoms with Crippen LogP contribution in [-0.4, -0.2) is 56.1 Å². The Morgan fingerprint density at radius 2 is 0.581 bits per heavy atom. The normalized spacial score (nSPS) is 46.7. The van der Waals surface area contributed by atoms with E-state index in [1.54, 1.807) is 22.3 Å². The Morgan fingerprint density at radius 3 is 0.899 bits per heavy atom. The van der Waals surface area contributed by atoms with Crippen LogP contribution in [0, 0.1) is 261 Å². The van der Waals surface area contributed by atoms with Gasteiger partial charge in [0.2, 0.25) is 0 Å². The molecular formula is C143H246O5. The monoisotopic (exact) mass is 2040 g/mol. The minimum absolute atomic E-state index is 0.0435. The molecule has 16 fully saturated rings. The second-order valence-corrected chi connectivity index (χ2v) is 64.1. The lowest BCUT2D eigenvalue weighted by Crippen LogP contribution is -2.58. The van der Waals surface area contributed by atoms with Crippen molar-refractivity contribution in [2.45, 2.75) is 579 Å². The smallest absolute Gasteiger partial charge is 0.0577 e. The summed E-state index contributed by atoms with van der Waals surface area (Å²) in [7, 11) is 0. The molecule has 0 amide bonds. The Labute approximate surface area is 917 Å². The molecule has 0 radical (unpaired) electrons. The predicted octanol–water partition coefficient (Wildman–Crippen LogP) is 39.3. The summed E-state index contributed by atoms with van der Waals surface area (Å²) in [5.74, 6) is 30.2. The minimum Gasteiger partial charge on any atom is -0.393 e. The number of allylic oxidation sites excluding steroid dienone is 6. The van der Waals surface area contributed by atoms with Crippen LogP contribution in [0.15, 0.2) is 58.7 Å². The number of aliphatic hydroxyl groups excluding tert-OH is 5. The average Bonchev–Trinajstić information content (AvgIpc) is 1.37. The van der Waals surface area contributed by atoms with Crippen LogP contribution in [0.4, 0.5) is 0 Å². The summed E-state index contributed by atoms with van der Waals surface area (Å²) in [5, 5.41) is 51.4. The van der Waals surface area contributed by atoms with E-state index in [-0.39, 0.29) is 30.5 Å². The van der Waals surface area contributed by atoms with E-state index in [0.29, 0.717) is 65.5 Å². The molecule has 848 valence electrons. The molecule has 0 aromatic heterocycles. The molecule has 5 N–H and O–H groups in total. The van der Waals surface area contributed by atoms with Gasteiger partial charge in [-0.25, -0.2) is 0 Å². The van der Waals surface area contributed by atoms with E-state index in [1.165, 1.54) is 276 Å². The van der Waals surface area contributed by atoms with Crippen molar-refractivity contribution >= 4 is 0 Å². The van der Waals surface area contributed by atoms with Crippen molar-refractivity contribution in [1.29, 1.82) is 0 Å². The quantitative estimate of drug-likeness (QED) is 0.0528. The fraction of sp³-hybridized carbons (Fsp3) is 0.930. The number of rotatable bonds is 27. The Balaban J connectivity index is 0.000000132. The topological polar surface area (TPSA) is 101 Å². The molecule has 20 rings (SSSR count). The summed E-state index contributed by atoms with van der Waals surface area (Å²) >= 11 is 0. The summed E-state index contributed by atoms with van der Waals surface area (Å²) in [6, 6.07) is 0. The third kappa shape index (κ3) is 22.8. The molecule has 16 saturated carbocycles. The molecule has 45 atom stereocenters. The molecule has 5 nitrogen and oxygen atoms in total. The first-order valence-electron chi connectivity index (χ1n) is 66.7. The number of hydrogen-bond donors (Lipinski definition) is 5. The molecule has 0 aliphatic heterocycles. The van der Waals surface area contributed by atoms with Gasteiger partial charge in [-0.15, -0.1) is 0 Å². The summed E-state index contributed by atoms with van der Waals surface area (Å²) in [5.41, 5.74) is 11.7. The zero-order valence-corrected chi connectivity index (χ0v) is 103. The number of fused-ring (bicyclic) bond motifs is 25. The van der Waals surface area contributed by atoms with E-state index in [1.807, 2.05) is 0 Å². The maximum atomic E-state index is 10.5. The number of hydrogen-bond acceptors (Lipinski definition) is 5. The van der Waals surface area contributed by atoms with Gasteiger partial charge in [-0.05, 0) is 543 Å². The van der Waals surface area contributed by atoms with Crippen molar-refractivity contribution in [3.05, 3.63) is 58.7 Å². The van der Waals surface area contributed by atoms with Crippen molar-refractivity contribution in [2.24, 2.45) is 261 Å². The lowest BCUT2D eigenvalue weighted by molar-refractivity contribution is -0.171. The Morgan fingerprint density at radius 1 is 0.270 bits per heavy atom. The first kappa shape index (κ1) is 119. The summed E-state index contributed by atoms with van der Waals surface area (Å²) in [6.45, 7) is 75.3. The first-order chi connectivity index (χ1) is 69.9. The SMILES string of the molecule is CC(C)CCC[C@@H](C)[C@H]1CC[C@H]2[C@@H]3CC=C4C[C@@H](O)CC[C@]4(C)[C@H]3CC[C@]12C.CC(C)[C@H](C)CC[C@@H](C)[C@H]1CC[C@H]2[C@@H]3CC=C4C[C@@H](O)CC[C@]4(C)[C@H]3CC[C@]12C.CC[C@H](/C=C/[C@@H](C)[C@H]1CC[C@H]2[C@@H]3CC=C4C[C@@H](O)CC[C@]4(C)[C@H]3CC[C@]12C)C(C)C.CC[C@H](CC[C@@H](C)[C@H]1CC[C@H]2[C@@H]3CC=C4C[C@@H](O)CC[C@]4(C)[C@H]3CC[C@]12C)C(C)C.CC[C@H](CC[C@@H](C)[C@H]1CC[C@H]2[C@@H]3CC[C@@]4(C)C[C@@H](O)CC[C@]4(C)[C@H]3CC[C@]12C)C(C)C. The highest BCUT2D eigenvalue weighted by Crippen LogP contribution is 2.76. The van der Waals surface area contributed by atoms with Crippen LogP contribution in [0.3, 0.4) is 0 Å². The molecule has 0 bridgehead atoms. The van der Waals surface area contributed by atoms with Crippen LogP contribution in [0.2, 0.25) is 0 Å². The van der Waals surface area contributed by atoms with E-state index in [9.17, 15) is 25.5 Å². The summed E-state index contributed by atoms with van der Waals surface area (Å²) < 4.78 is 0. The Hall–Kier alpha value is -1.50. The minimum atomic E-state index is -0.0870. The molecule has 0 heterocycles. The number of aliphatic hydroxyl groups is 5. The van der Waals surface area contributed by atoms with Crippen molar-refractivity contribution in [1.82, 2.24) is 0 Å². The van der Waals surface area contributed by atoms with Gasteiger partial charge in [-0.1, -0.05) is 324 Å². The zero-order chi connectivity index (χ0) is 107. The standard InChI is InChI=1S/C30H54O.C29H50O.C29H48O.C28H48O.C27H46O/c1-8-22(20(2)3)10-9-21(4)25-11-12-26-24-14-16-28(5)19-23(31)13-18-30(28,7)27(24)15-17-29(25,26)6;2*1-7-21(19(2)3)9-8-20(4)25-12-13-26-24-11-10-22-18-23(30)14-16-28(22,5)27(24)15-17-29(25,26)6;1-18(2)19(3)7-8-20(4)24-11-12-25-23-10-9-21-17-22(29)13-15-27(21,5)26(23)14-16-28(24,25)6;1-18(2)7-6-8-19(3)23-11-12-24-22-10-9-20-17-21(28)13-15-26(20,4)25(22)14-16-27(23,24)5/h20-27,31H,8-19H2,1-7H3;10,19-21,23-27,30H,7-9,11-18H2,1-6H3;8-10,19-21,23-27,30H,7,11-18H2,1-6H3;9,18-20,22-26,29H,7-8,10-17H2,1-6H3;9,18-19,21-25,28H,6-8,10-17H2,1-5H3/b;;9-8+;;/t21-,22-,23+,24+,25-,26+,27+,28+,29-,30-;2*20-,21-,23+,24+,25-,26+,27+,28+,29-;19-,20-,22+,23+,24-,25+,26+,27+,28-;19-,21+,22+,23-,24+,25+,26+,27-/m11111/s1. The lowest BCUT2D eigenvalue weighted by Gasteiger charge is -2.65. The van der Waals surface area contributed by atoms with Crippen molar-refractivity contribution < 1.29 is 25.5 Å². The van der Waals surface area contributed by atoms with Crippen LogP contribution in [0.1, 0.15) is 548 Å². The highest BCUT2D eigenvalue weighted by molar-refractivity contribution is 5.31. The second kappa shape index (κ2) is 47.7. The van der Waals surface area contributed by atoms with E-state index >= 15 is 0 Å². The van der Waals surface area contributed by atoms with Crippen LogP contribution in [0.5, 0.6) is 0 Å². The summed E-state index contributed by atoms with van der Waals surface area (Å²) in [6.07, 6.45) is 85.4.